The summed E-state index contributed by atoms with van der Waals surface area (Å²) < 4.78 is 4.73. The van der Waals surface area contributed by atoms with Gasteiger partial charge in [0, 0.05) is 13.1 Å². The van der Waals surface area contributed by atoms with Crippen LogP contribution in [-0.2, 0) is 14.3 Å². The van der Waals surface area contributed by atoms with E-state index < -0.39 is 11.5 Å². The van der Waals surface area contributed by atoms with E-state index in [1.54, 1.807) is 11.4 Å². The van der Waals surface area contributed by atoms with E-state index in [4.69, 9.17) is 10.5 Å². The number of nitrogens with two attached hydrogens (primary N) is 1. The lowest BCUT2D eigenvalue weighted by molar-refractivity contribution is -0.135. The lowest BCUT2D eigenvalue weighted by Crippen LogP contribution is -2.63. The van der Waals surface area contributed by atoms with Gasteiger partial charge in [0.1, 0.15) is 10.4 Å². The second-order valence-corrected chi connectivity index (χ2v) is 8.34. The van der Waals surface area contributed by atoms with Gasteiger partial charge in [-0.25, -0.2) is 4.79 Å². The van der Waals surface area contributed by atoms with E-state index in [2.05, 4.69) is 10.2 Å². The van der Waals surface area contributed by atoms with Crippen LogP contribution in [0.4, 0.5) is 5.69 Å². The van der Waals surface area contributed by atoms with Crippen LogP contribution < -0.4 is 11.1 Å². The molecular weight excluding hydrogens is 380 g/mol. The third-order valence-electron chi connectivity index (χ3n) is 5.78. The third kappa shape index (κ3) is 4.37. The van der Waals surface area contributed by atoms with Crippen molar-refractivity contribution >= 4 is 34.8 Å². The van der Waals surface area contributed by atoms with Crippen LogP contribution in [0.3, 0.4) is 0 Å². The zero-order valence-electron chi connectivity index (χ0n) is 16.2. The Hall–Kier alpha value is -1.97. The molecule has 0 radical (unpaired) electrons. The summed E-state index contributed by atoms with van der Waals surface area (Å²) in [6.07, 6.45) is 4.69. The monoisotopic (exact) mass is 408 g/mol. The Labute approximate surface area is 169 Å². The molecule has 9 heteroatoms. The lowest BCUT2D eigenvalue weighted by atomic mass is 9.83. The standard InChI is InChI=1S/C19H28N4O4S/c1-27-17(25)16-14(5-12-28-16)21-15(24)13-22-10-6-19(7-11-22,18(20)26)23-8-3-2-4-9-23/h5,12H,2-4,6-11,13H2,1H3,(H2,20,26)(H,21,24). The first kappa shape index (κ1) is 20.8. The number of anilines is 1. The van der Waals surface area contributed by atoms with E-state index in [-0.39, 0.29) is 18.4 Å². The molecule has 3 rings (SSSR count). The Morgan fingerprint density at radius 2 is 1.86 bits per heavy atom. The molecule has 0 bridgehead atoms. The molecule has 8 nitrogen and oxygen atoms in total. The van der Waals surface area contributed by atoms with Crippen LogP contribution >= 0.6 is 11.3 Å². The van der Waals surface area contributed by atoms with Crippen LogP contribution in [0.5, 0.6) is 0 Å². The second kappa shape index (κ2) is 9.02. The maximum Gasteiger partial charge on any atom is 0.350 e. The first-order valence-electron chi connectivity index (χ1n) is 9.69. The van der Waals surface area contributed by atoms with Gasteiger partial charge < -0.3 is 15.8 Å². The van der Waals surface area contributed by atoms with Gasteiger partial charge in [0.15, 0.2) is 0 Å². The number of primary amides is 1. The minimum atomic E-state index is -0.585. The van der Waals surface area contributed by atoms with Gasteiger partial charge >= 0.3 is 5.97 Å². The lowest BCUT2D eigenvalue weighted by Gasteiger charge is -2.48. The van der Waals surface area contributed by atoms with Gasteiger partial charge in [-0.2, -0.15) is 0 Å². The highest BCUT2D eigenvalue weighted by Crippen LogP contribution is 2.31. The highest BCUT2D eigenvalue weighted by molar-refractivity contribution is 7.12. The number of hydrogen-bond donors (Lipinski definition) is 2. The molecule has 28 heavy (non-hydrogen) atoms. The first-order chi connectivity index (χ1) is 13.5. The maximum atomic E-state index is 12.4. The van der Waals surface area contributed by atoms with E-state index in [0.29, 0.717) is 36.5 Å². The van der Waals surface area contributed by atoms with Crippen molar-refractivity contribution in [2.75, 3.05) is 45.2 Å². The number of methoxy groups -OCH3 is 1. The van der Waals surface area contributed by atoms with E-state index in [1.165, 1.54) is 24.9 Å². The number of amides is 2. The summed E-state index contributed by atoms with van der Waals surface area (Å²) in [6.45, 7) is 3.32. The molecule has 3 N–H and O–H groups in total. The Kier molecular flexibility index (Phi) is 6.69. The van der Waals surface area contributed by atoms with Gasteiger partial charge in [0.2, 0.25) is 11.8 Å². The molecule has 0 unspecified atom stereocenters. The average Bonchev–Trinajstić information content (AvgIpc) is 3.16. The summed E-state index contributed by atoms with van der Waals surface area (Å²) in [5.74, 6) is -0.899. The average molecular weight is 409 g/mol. The van der Waals surface area contributed by atoms with Crippen molar-refractivity contribution in [1.82, 2.24) is 9.80 Å². The summed E-state index contributed by atoms with van der Waals surface area (Å²) in [6, 6.07) is 1.69. The second-order valence-electron chi connectivity index (χ2n) is 7.42. The largest absolute Gasteiger partial charge is 0.465 e. The molecule has 154 valence electrons. The van der Waals surface area contributed by atoms with E-state index in [1.807, 2.05) is 4.90 Å². The van der Waals surface area contributed by atoms with Crippen molar-refractivity contribution in [3.63, 3.8) is 0 Å². The minimum Gasteiger partial charge on any atom is -0.465 e. The first-order valence-corrected chi connectivity index (χ1v) is 10.6. The predicted octanol–water partition coefficient (Wildman–Crippen LogP) is 1.28. The fourth-order valence-corrected chi connectivity index (χ4v) is 4.94. The van der Waals surface area contributed by atoms with E-state index in [0.717, 1.165) is 25.9 Å². The maximum absolute atomic E-state index is 12.4. The SMILES string of the molecule is COC(=O)c1sccc1NC(=O)CN1CCC(C(N)=O)(N2CCCCC2)CC1. The Morgan fingerprint density at radius 3 is 2.46 bits per heavy atom. The van der Waals surface area contributed by atoms with Crippen molar-refractivity contribution < 1.29 is 19.1 Å². The van der Waals surface area contributed by atoms with Crippen LogP contribution in [0.15, 0.2) is 11.4 Å². The van der Waals surface area contributed by atoms with Gasteiger partial charge in [-0.15, -0.1) is 11.3 Å². The molecule has 2 fully saturated rings. The van der Waals surface area contributed by atoms with Crippen molar-refractivity contribution in [3.05, 3.63) is 16.3 Å². The Balaban J connectivity index is 1.56. The molecule has 1 aromatic rings. The molecule has 1 aromatic heterocycles. The number of ether oxygens (including phenoxy) is 1. The molecule has 2 aliphatic rings. The van der Waals surface area contributed by atoms with Crippen molar-refractivity contribution in [1.29, 1.82) is 0 Å². The summed E-state index contributed by atoms with van der Waals surface area (Å²) in [5, 5.41) is 4.53. The molecule has 0 atom stereocenters. The minimum absolute atomic E-state index is 0.187. The Bertz CT molecular complexity index is 721. The van der Waals surface area contributed by atoms with Gasteiger partial charge in [-0.3, -0.25) is 19.4 Å². The number of esters is 1. The molecule has 0 aromatic carbocycles. The van der Waals surface area contributed by atoms with Crippen molar-refractivity contribution in [2.24, 2.45) is 5.73 Å². The number of nitrogens with zero attached hydrogens (tertiary/aromatic N) is 2. The van der Waals surface area contributed by atoms with Crippen molar-refractivity contribution in [3.8, 4) is 0 Å². The van der Waals surface area contributed by atoms with Crippen LogP contribution in [0.2, 0.25) is 0 Å². The fourth-order valence-electron chi connectivity index (χ4n) is 4.17. The highest BCUT2D eigenvalue weighted by Gasteiger charge is 2.45. The quantitative estimate of drug-likeness (QED) is 0.687. The van der Waals surface area contributed by atoms with Crippen LogP contribution in [-0.4, -0.2) is 73.0 Å². The molecule has 3 heterocycles. The summed E-state index contributed by atoms with van der Waals surface area (Å²) in [7, 11) is 1.31. The number of rotatable bonds is 6. The molecule has 0 spiro atoms. The number of piperidine rings is 2. The number of carbonyl (C=O) groups excluding carboxylic acids is 3. The highest BCUT2D eigenvalue weighted by atomic mass is 32.1. The Morgan fingerprint density at radius 1 is 1.18 bits per heavy atom. The third-order valence-corrected chi connectivity index (χ3v) is 6.68. The van der Waals surface area contributed by atoms with E-state index >= 15 is 0 Å². The number of carbonyl (C=O) groups is 3. The predicted molar refractivity (Wildman–Crippen MR) is 107 cm³/mol. The van der Waals surface area contributed by atoms with Crippen molar-refractivity contribution in [2.45, 2.75) is 37.6 Å². The number of hydrogen-bond acceptors (Lipinski definition) is 7. The zero-order chi connectivity index (χ0) is 20.1. The van der Waals surface area contributed by atoms with Gasteiger partial charge in [-0.05, 0) is 50.2 Å². The molecular formula is C19H28N4O4S. The number of nitrogens with one attached hydrogen (secondary N) is 1. The molecule has 0 aliphatic carbocycles. The number of likely N-dealkylation sites (tertiary alicyclic amines) is 2. The summed E-state index contributed by atoms with van der Waals surface area (Å²) in [5.41, 5.74) is 5.69. The van der Waals surface area contributed by atoms with Gasteiger partial charge in [0.05, 0.1) is 19.3 Å². The van der Waals surface area contributed by atoms with Crippen LogP contribution in [0, 0.1) is 0 Å². The normalized spacial score (nSPS) is 20.5. The summed E-state index contributed by atoms with van der Waals surface area (Å²) in [4.78, 5) is 41.1. The van der Waals surface area contributed by atoms with Crippen LogP contribution in [0.1, 0.15) is 41.8 Å². The molecule has 2 aliphatic heterocycles. The molecule has 2 saturated heterocycles. The fraction of sp³-hybridized carbons (Fsp3) is 0.632. The summed E-state index contributed by atoms with van der Waals surface area (Å²) >= 11 is 1.23. The van der Waals surface area contributed by atoms with Gasteiger partial charge in [-0.1, -0.05) is 6.42 Å². The van der Waals surface area contributed by atoms with E-state index in [9.17, 15) is 14.4 Å². The van der Waals surface area contributed by atoms with Gasteiger partial charge in [0.25, 0.3) is 0 Å². The zero-order valence-corrected chi connectivity index (χ0v) is 17.1. The number of thiophene rings is 1. The molecule has 2 amide bonds. The smallest absolute Gasteiger partial charge is 0.350 e. The topological polar surface area (TPSA) is 105 Å². The van der Waals surface area contributed by atoms with Crippen LogP contribution in [0.25, 0.3) is 0 Å². The molecule has 0 saturated carbocycles.